The fourth-order valence-corrected chi connectivity index (χ4v) is 11.1. The van der Waals surface area contributed by atoms with Crippen LogP contribution in [0.15, 0.2) is 171 Å². The van der Waals surface area contributed by atoms with E-state index in [9.17, 15) is 0 Å². The number of thiophene rings is 4. The fraction of sp³-hybridized carbons (Fsp3) is 0.196. The number of nitrogens with two attached hydrogens (primary N) is 2. The van der Waals surface area contributed by atoms with Crippen LogP contribution in [0.2, 0.25) is 0 Å². The number of carbonyl (C=O) groups is 1. The zero-order chi connectivity index (χ0) is 61.1. The summed E-state index contributed by atoms with van der Waals surface area (Å²) in [7, 11) is 2.73. The molecular formula is C56H61B3Br2N11O6S5. The van der Waals surface area contributed by atoms with E-state index in [0.29, 0.717) is 4.78 Å². The van der Waals surface area contributed by atoms with Crippen LogP contribution in [0.1, 0.15) is 56.9 Å². The monoisotopic (exact) mass is 1330 g/mol. The van der Waals surface area contributed by atoms with Gasteiger partial charge in [-0.15, -0.1) is 34.0 Å². The van der Waals surface area contributed by atoms with E-state index >= 15 is 0 Å². The normalized spacial score (nSPS) is 12.0. The predicted octanol–water partition coefficient (Wildman–Crippen LogP) is 12.4. The summed E-state index contributed by atoms with van der Waals surface area (Å²) in [6.45, 7) is 17.5. The number of aromatic nitrogens is 8. The quantitative estimate of drug-likeness (QED) is 0.0513. The summed E-state index contributed by atoms with van der Waals surface area (Å²) in [6, 6.07) is 23.8. The molecule has 1 saturated heterocycles. The number of halogens is 2. The van der Waals surface area contributed by atoms with E-state index in [-0.39, 0.29) is 18.3 Å². The molecule has 8 aromatic heterocycles. The standard InChI is InChI=1S/C15H13N3S.C12H18BNO2.C9H7BrN2S.C9H8N2S.C5H7BO2S.C4H3BrN2.C2H4O2.BHNS/c1-10-6-14(12-7-17-9-18-8-12)19-15(10)11-2-4-13(16)5-3-11;1-11(2)12(3,4)16-13(15-11)9-5-7-10(14)8-6-9;1-6-2-8(13-9(6)10)7-3-11-5-12-4-7;1-7-2-9(12-5-7)8-3-10-6-11-4-8;1-4-2-5(6(7)8)9-3-4;5-4-1-6-3-7-2-4;1-2(3)4;1-2-3/h2-9H,16H2,1H3;5-8H,14H2,1-4H3;2-5H,1H3;2-6H,1H3;2-3,7-8H,1H3;1-3H;1H3,(H,3,4);3H. The molecule has 2 aromatic carbocycles. The number of hydrogen-bond acceptors (Lipinski definition) is 21. The Balaban J connectivity index is 0.000000214. The van der Waals surface area contributed by atoms with Crippen LogP contribution in [-0.4, -0.2) is 94.1 Å². The molecule has 11 rings (SSSR count). The zero-order valence-corrected chi connectivity index (χ0v) is 54.2. The van der Waals surface area contributed by atoms with E-state index in [1.165, 1.54) is 63.2 Å². The van der Waals surface area contributed by atoms with Gasteiger partial charge < -0.3 is 35.9 Å². The van der Waals surface area contributed by atoms with Crippen molar-refractivity contribution in [3.8, 4) is 41.8 Å². The number of carboxylic acids is 1. The molecule has 0 bridgehead atoms. The molecule has 17 nitrogen and oxygen atoms in total. The van der Waals surface area contributed by atoms with Crippen molar-refractivity contribution in [3.05, 3.63) is 189 Å². The van der Waals surface area contributed by atoms with Crippen molar-refractivity contribution in [2.45, 2.75) is 73.5 Å². The number of hydrogen-bond donors (Lipinski definition) is 6. The second-order valence-electron chi connectivity index (χ2n) is 18.5. The SMILES string of the molecule is Brc1cncnc1.CC(=O)O.CC1(C)OB(c2ccc(N)cc2)OC1(C)C.Cc1cc(-c2cncnc2)sc1-c1ccc(N)cc1.Cc1cc(-c2cncnc2)sc1Br.Cc1csc(-c2cncnc2)c1.Cc1csc(B(O)O)c1.[B]=NS. The maximum atomic E-state index is 9.00. The van der Waals surface area contributed by atoms with Gasteiger partial charge in [-0.05, 0) is 180 Å². The minimum absolute atomic E-state index is 0.293. The van der Waals surface area contributed by atoms with Gasteiger partial charge in [-0.25, -0.2) is 39.9 Å². The van der Waals surface area contributed by atoms with Crippen LogP contribution < -0.4 is 21.7 Å². The summed E-state index contributed by atoms with van der Waals surface area (Å²) < 4.78 is 17.2. The van der Waals surface area contributed by atoms with Crippen molar-refractivity contribution in [2.24, 2.45) is 4.30 Å². The molecule has 1 aliphatic heterocycles. The molecule has 429 valence electrons. The van der Waals surface area contributed by atoms with Crippen LogP contribution in [0, 0.1) is 27.7 Å². The van der Waals surface area contributed by atoms with Gasteiger partial charge in [0, 0.05) is 109 Å². The van der Waals surface area contributed by atoms with Crippen molar-refractivity contribution in [1.29, 1.82) is 0 Å². The summed E-state index contributed by atoms with van der Waals surface area (Å²) in [5.74, 6) is -0.833. The molecule has 83 heavy (non-hydrogen) atoms. The van der Waals surface area contributed by atoms with Crippen LogP contribution in [0.5, 0.6) is 0 Å². The van der Waals surface area contributed by atoms with Gasteiger partial charge in [-0.1, -0.05) is 24.3 Å². The third kappa shape index (κ3) is 24.1. The predicted molar refractivity (Wildman–Crippen MR) is 353 cm³/mol. The Labute approximate surface area is 524 Å². The number of nitrogen functional groups attached to an aromatic ring is 2. The van der Waals surface area contributed by atoms with Gasteiger partial charge in [0.2, 0.25) is 0 Å². The summed E-state index contributed by atoms with van der Waals surface area (Å²) in [4.78, 5) is 45.3. The summed E-state index contributed by atoms with van der Waals surface area (Å²) in [5.41, 5.74) is 22.6. The molecule has 0 aliphatic carbocycles. The first-order chi connectivity index (χ1) is 39.4. The van der Waals surface area contributed by atoms with Gasteiger partial charge in [0.05, 0.1) is 19.5 Å². The third-order valence-electron chi connectivity index (χ3n) is 11.2. The third-order valence-corrected chi connectivity index (χ3v) is 17.3. The van der Waals surface area contributed by atoms with E-state index in [0.717, 1.165) is 50.5 Å². The van der Waals surface area contributed by atoms with Gasteiger partial charge >= 0.3 is 39.0 Å². The first-order valence-electron chi connectivity index (χ1n) is 24.7. The van der Waals surface area contributed by atoms with E-state index in [4.69, 9.17) is 40.7 Å². The molecule has 0 unspecified atom stereocenters. The molecule has 0 amide bonds. The summed E-state index contributed by atoms with van der Waals surface area (Å²) in [6.07, 6.45) is 20.5. The van der Waals surface area contributed by atoms with Crippen LogP contribution in [0.4, 0.5) is 11.4 Å². The number of aryl methyl sites for hydroxylation is 4. The molecule has 10 aromatic rings. The topological polar surface area (TPSA) is 264 Å². The van der Waals surface area contributed by atoms with Crippen LogP contribution in [0.25, 0.3) is 41.8 Å². The zero-order valence-electron chi connectivity index (χ0n) is 46.8. The van der Waals surface area contributed by atoms with Crippen molar-refractivity contribution in [3.63, 3.8) is 0 Å². The molecule has 9 heterocycles. The van der Waals surface area contributed by atoms with Gasteiger partial charge in [0.1, 0.15) is 25.3 Å². The van der Waals surface area contributed by atoms with E-state index in [1.807, 2.05) is 114 Å². The average Bonchev–Trinajstić information content (AvgIpc) is 4.52. The Bertz CT molecular complexity index is 3440. The Morgan fingerprint density at radius 3 is 1.35 bits per heavy atom. The Kier molecular flexibility index (Phi) is 29.3. The van der Waals surface area contributed by atoms with Gasteiger partial charge in [-0.3, -0.25) is 4.79 Å². The van der Waals surface area contributed by atoms with Crippen molar-refractivity contribution in [2.75, 3.05) is 11.5 Å². The molecular weight excluding hydrogens is 1280 g/mol. The number of benzene rings is 2. The van der Waals surface area contributed by atoms with Crippen molar-refractivity contribution < 1.29 is 29.3 Å². The van der Waals surface area contributed by atoms with Gasteiger partial charge in [0.25, 0.3) is 5.97 Å². The van der Waals surface area contributed by atoms with Crippen molar-refractivity contribution >= 4 is 139 Å². The number of aliphatic carboxylic acids is 1. The molecule has 27 heteroatoms. The van der Waals surface area contributed by atoms with Gasteiger partial charge in [0.15, 0.2) is 0 Å². The molecule has 7 N–H and O–H groups in total. The Morgan fingerprint density at radius 2 is 1.00 bits per heavy atom. The molecule has 0 saturated carbocycles. The number of nitrogens with zero attached hydrogens (tertiary/aromatic N) is 9. The first-order valence-corrected chi connectivity index (χ1v) is 30.1. The van der Waals surface area contributed by atoms with Crippen LogP contribution in [-0.2, 0) is 14.1 Å². The first kappa shape index (κ1) is 69.3. The Morgan fingerprint density at radius 1 is 0.614 bits per heavy atom. The Hall–Kier alpha value is -6.23. The number of anilines is 2. The van der Waals surface area contributed by atoms with Crippen LogP contribution >= 0.6 is 90.0 Å². The second kappa shape index (κ2) is 35.2. The molecule has 1 aliphatic rings. The van der Waals surface area contributed by atoms with Crippen LogP contribution in [0.3, 0.4) is 0 Å². The second-order valence-corrected chi connectivity index (χ2v) is 25.0. The van der Waals surface area contributed by atoms with E-state index in [2.05, 4.69) is 153 Å². The van der Waals surface area contributed by atoms with E-state index in [1.54, 1.807) is 71.5 Å². The van der Waals surface area contributed by atoms with Crippen molar-refractivity contribution in [1.82, 2.24) is 39.9 Å². The summed E-state index contributed by atoms with van der Waals surface area (Å²) >= 11 is 16.4. The minimum atomic E-state index is -1.30. The fourth-order valence-electron chi connectivity index (χ4n) is 6.51. The average molecular weight is 1340 g/mol. The molecule has 0 spiro atoms. The maximum absolute atomic E-state index is 9.00. The number of carboxylic acid groups (broad SMARTS) is 1. The molecule has 1 radical (unpaired) electrons. The molecule has 0 atom stereocenters. The summed E-state index contributed by atoms with van der Waals surface area (Å²) in [5, 5.41) is 28.6. The van der Waals surface area contributed by atoms with Gasteiger partial charge in [-0.2, -0.15) is 11.3 Å². The van der Waals surface area contributed by atoms with E-state index < -0.39 is 13.1 Å². The number of thiol groups is 1. The molecule has 1 fully saturated rings. The number of rotatable bonds is 6.